The first kappa shape index (κ1) is 19.0. The summed E-state index contributed by atoms with van der Waals surface area (Å²) in [5.74, 6) is 0.834. The summed E-state index contributed by atoms with van der Waals surface area (Å²) in [5, 5.41) is 0.731. The first-order chi connectivity index (χ1) is 14.3. The molecule has 142 valence electrons. The van der Waals surface area contributed by atoms with E-state index >= 15 is 0 Å². The molecule has 0 bridgehead atoms. The number of halogens is 1. The molecule has 1 nitrogen and oxygen atoms in total. The van der Waals surface area contributed by atoms with Crippen molar-refractivity contribution < 1.29 is 4.74 Å². The Balaban J connectivity index is 1.65. The minimum Gasteiger partial charge on any atom is -0.489 e. The van der Waals surface area contributed by atoms with Gasteiger partial charge in [0.05, 0.1) is 5.03 Å². The van der Waals surface area contributed by atoms with Gasteiger partial charge in [-0.25, -0.2) is 0 Å². The predicted molar refractivity (Wildman–Crippen MR) is 122 cm³/mol. The number of rotatable bonds is 6. The second-order valence-corrected chi connectivity index (χ2v) is 7.10. The van der Waals surface area contributed by atoms with Gasteiger partial charge in [-0.3, -0.25) is 0 Å². The molecular weight excluding hydrogens is 376 g/mol. The highest BCUT2D eigenvalue weighted by molar-refractivity contribution is 6.53. The zero-order chi connectivity index (χ0) is 19.9. The summed E-state index contributed by atoms with van der Waals surface area (Å²) in [6, 6.07) is 38.6. The Kier molecular flexibility index (Phi) is 6.09. The molecule has 2 heteroatoms. The van der Waals surface area contributed by atoms with Crippen LogP contribution in [0.1, 0.15) is 22.3 Å². The number of benzene rings is 4. The molecule has 0 fully saturated rings. The van der Waals surface area contributed by atoms with E-state index in [0.29, 0.717) is 6.61 Å². The van der Waals surface area contributed by atoms with Crippen LogP contribution in [0, 0.1) is 0 Å². The molecule has 0 aliphatic carbocycles. The van der Waals surface area contributed by atoms with Crippen LogP contribution in [0.2, 0.25) is 0 Å². The molecule has 0 saturated heterocycles. The Hall–Kier alpha value is -3.29. The SMILES string of the molecule is Cl/C(=C(\c1ccccc1)c1ccc(OCc2ccccc2)cc1)c1ccccc1. The third-order valence-electron chi connectivity index (χ3n) is 4.70. The summed E-state index contributed by atoms with van der Waals surface area (Å²) in [7, 11) is 0. The maximum Gasteiger partial charge on any atom is 0.119 e. The molecule has 0 aromatic heterocycles. The molecule has 0 radical (unpaired) electrons. The fraction of sp³-hybridized carbons (Fsp3) is 0.0370. The van der Waals surface area contributed by atoms with Gasteiger partial charge in [0.25, 0.3) is 0 Å². The monoisotopic (exact) mass is 396 g/mol. The molecule has 0 unspecified atom stereocenters. The number of ether oxygens (including phenoxy) is 1. The molecule has 0 spiro atoms. The van der Waals surface area contributed by atoms with Crippen molar-refractivity contribution in [3.8, 4) is 5.75 Å². The molecule has 29 heavy (non-hydrogen) atoms. The second kappa shape index (κ2) is 9.27. The van der Waals surface area contributed by atoms with Crippen LogP contribution in [-0.4, -0.2) is 0 Å². The molecule has 0 atom stereocenters. The molecule has 0 heterocycles. The zero-order valence-electron chi connectivity index (χ0n) is 16.0. The predicted octanol–water partition coefficient (Wildman–Crippen LogP) is 7.42. The van der Waals surface area contributed by atoms with Crippen LogP contribution < -0.4 is 4.74 Å². The van der Waals surface area contributed by atoms with Crippen molar-refractivity contribution in [2.24, 2.45) is 0 Å². The lowest BCUT2D eigenvalue weighted by molar-refractivity contribution is 0.306. The van der Waals surface area contributed by atoms with Crippen molar-refractivity contribution in [1.29, 1.82) is 0 Å². The second-order valence-electron chi connectivity index (χ2n) is 6.72. The van der Waals surface area contributed by atoms with Crippen molar-refractivity contribution in [3.05, 3.63) is 138 Å². The van der Waals surface area contributed by atoms with Gasteiger partial charge >= 0.3 is 0 Å². The van der Waals surface area contributed by atoms with Gasteiger partial charge in [-0.1, -0.05) is 115 Å². The van der Waals surface area contributed by atoms with Crippen LogP contribution in [0.4, 0.5) is 0 Å². The molecule has 0 saturated carbocycles. The standard InChI is InChI=1S/C27H21ClO/c28-27(24-14-8-3-9-15-24)26(22-12-6-2-7-13-22)23-16-18-25(19-17-23)29-20-21-10-4-1-5-11-21/h1-19H,20H2/b27-26+. The first-order valence-electron chi connectivity index (χ1n) is 9.59. The average Bonchev–Trinajstić information content (AvgIpc) is 2.81. The van der Waals surface area contributed by atoms with E-state index in [-0.39, 0.29) is 0 Å². The number of hydrogen-bond acceptors (Lipinski definition) is 1. The molecule has 4 aromatic rings. The Morgan fingerprint density at radius 3 is 1.62 bits per heavy atom. The summed E-state index contributed by atoms with van der Waals surface area (Å²) in [6.07, 6.45) is 0. The van der Waals surface area contributed by atoms with Gasteiger partial charge in [-0.05, 0) is 34.4 Å². The minimum atomic E-state index is 0.548. The van der Waals surface area contributed by atoms with Crippen LogP contribution in [0.3, 0.4) is 0 Å². The fourth-order valence-electron chi connectivity index (χ4n) is 3.21. The Morgan fingerprint density at radius 1 is 0.552 bits per heavy atom. The summed E-state index contributed by atoms with van der Waals surface area (Å²) in [5.41, 5.74) is 5.29. The molecule has 0 N–H and O–H groups in total. The van der Waals surface area contributed by atoms with E-state index in [1.54, 1.807) is 0 Å². The van der Waals surface area contributed by atoms with Gasteiger partial charge < -0.3 is 4.74 Å². The van der Waals surface area contributed by atoms with Crippen LogP contribution in [0.15, 0.2) is 115 Å². The van der Waals surface area contributed by atoms with Crippen molar-refractivity contribution >= 4 is 22.2 Å². The fourth-order valence-corrected chi connectivity index (χ4v) is 3.56. The summed E-state index contributed by atoms with van der Waals surface area (Å²) in [4.78, 5) is 0. The van der Waals surface area contributed by atoms with E-state index in [1.165, 1.54) is 0 Å². The van der Waals surface area contributed by atoms with E-state index in [2.05, 4.69) is 36.4 Å². The molecule has 0 aliphatic rings. The molecule has 0 aliphatic heterocycles. The molecular formula is C27H21ClO. The van der Waals surface area contributed by atoms with Gasteiger partial charge in [-0.2, -0.15) is 0 Å². The van der Waals surface area contributed by atoms with Crippen molar-refractivity contribution in [2.75, 3.05) is 0 Å². The normalized spacial score (nSPS) is 11.6. The van der Waals surface area contributed by atoms with E-state index < -0.39 is 0 Å². The Labute approximate surface area is 176 Å². The molecule has 4 rings (SSSR count). The van der Waals surface area contributed by atoms with Gasteiger partial charge in [0, 0.05) is 5.57 Å². The average molecular weight is 397 g/mol. The van der Waals surface area contributed by atoms with Crippen LogP contribution in [0.25, 0.3) is 10.6 Å². The van der Waals surface area contributed by atoms with Gasteiger partial charge in [-0.15, -0.1) is 0 Å². The summed E-state index contributed by atoms with van der Waals surface area (Å²) >= 11 is 6.87. The quantitative estimate of drug-likeness (QED) is 0.308. The van der Waals surface area contributed by atoms with Crippen molar-refractivity contribution in [3.63, 3.8) is 0 Å². The highest BCUT2D eigenvalue weighted by atomic mass is 35.5. The van der Waals surface area contributed by atoms with E-state index in [9.17, 15) is 0 Å². The molecule has 4 aromatic carbocycles. The third kappa shape index (κ3) is 4.77. The van der Waals surface area contributed by atoms with Crippen molar-refractivity contribution in [2.45, 2.75) is 6.61 Å². The van der Waals surface area contributed by atoms with Crippen LogP contribution >= 0.6 is 11.6 Å². The van der Waals surface area contributed by atoms with Gasteiger partial charge in [0.15, 0.2) is 0 Å². The van der Waals surface area contributed by atoms with Crippen LogP contribution in [-0.2, 0) is 6.61 Å². The van der Waals surface area contributed by atoms with Crippen LogP contribution in [0.5, 0.6) is 5.75 Å². The van der Waals surface area contributed by atoms with E-state index in [4.69, 9.17) is 16.3 Å². The topological polar surface area (TPSA) is 9.23 Å². The zero-order valence-corrected chi connectivity index (χ0v) is 16.7. The minimum absolute atomic E-state index is 0.548. The molecule has 0 amide bonds. The van der Waals surface area contributed by atoms with Gasteiger partial charge in [0.1, 0.15) is 12.4 Å². The summed E-state index contributed by atoms with van der Waals surface area (Å²) in [6.45, 7) is 0.548. The first-order valence-corrected chi connectivity index (χ1v) is 9.97. The summed E-state index contributed by atoms with van der Waals surface area (Å²) < 4.78 is 5.93. The lowest BCUT2D eigenvalue weighted by Gasteiger charge is -2.13. The number of hydrogen-bond donors (Lipinski definition) is 0. The Bertz CT molecular complexity index is 1070. The smallest absolute Gasteiger partial charge is 0.119 e. The third-order valence-corrected chi connectivity index (χ3v) is 5.11. The van der Waals surface area contributed by atoms with E-state index in [0.717, 1.165) is 38.6 Å². The van der Waals surface area contributed by atoms with E-state index in [1.807, 2.05) is 78.9 Å². The maximum atomic E-state index is 6.87. The highest BCUT2D eigenvalue weighted by Gasteiger charge is 2.12. The van der Waals surface area contributed by atoms with Crippen molar-refractivity contribution in [1.82, 2.24) is 0 Å². The largest absolute Gasteiger partial charge is 0.489 e. The lowest BCUT2D eigenvalue weighted by Crippen LogP contribution is -1.96. The Morgan fingerprint density at radius 2 is 1.03 bits per heavy atom. The highest BCUT2D eigenvalue weighted by Crippen LogP contribution is 2.35. The van der Waals surface area contributed by atoms with Gasteiger partial charge in [0.2, 0.25) is 0 Å². The lowest BCUT2D eigenvalue weighted by atomic mass is 9.95. The maximum absolute atomic E-state index is 6.87.